The first-order chi connectivity index (χ1) is 11.2. The molecule has 126 valence electrons. The van der Waals surface area contributed by atoms with Gasteiger partial charge in [0.2, 0.25) is 5.89 Å². The zero-order valence-electron chi connectivity index (χ0n) is 14.0. The Bertz CT molecular complexity index is 638. The third kappa shape index (κ3) is 3.94. The summed E-state index contributed by atoms with van der Waals surface area (Å²) in [6.07, 6.45) is 3.02. The van der Waals surface area contributed by atoms with E-state index >= 15 is 0 Å². The fourth-order valence-corrected chi connectivity index (χ4v) is 3.07. The number of hydrogen-bond donors (Lipinski definition) is 0. The van der Waals surface area contributed by atoms with Crippen molar-refractivity contribution in [3.05, 3.63) is 23.4 Å². The molecule has 0 spiro atoms. The Morgan fingerprint density at radius 2 is 2.17 bits per heavy atom. The van der Waals surface area contributed by atoms with Crippen LogP contribution in [0.15, 0.2) is 4.52 Å². The highest BCUT2D eigenvalue weighted by Crippen LogP contribution is 2.21. The summed E-state index contributed by atoms with van der Waals surface area (Å²) in [5.74, 6) is 3.18. The minimum absolute atomic E-state index is 0.434. The van der Waals surface area contributed by atoms with Crippen LogP contribution >= 0.6 is 0 Å². The molecule has 0 N–H and O–H groups in total. The van der Waals surface area contributed by atoms with Crippen molar-refractivity contribution in [2.45, 2.75) is 52.2 Å². The van der Waals surface area contributed by atoms with Gasteiger partial charge in [-0.3, -0.25) is 4.90 Å². The normalized spacial score (nSPS) is 18.8. The minimum Gasteiger partial charge on any atom is -0.384 e. The van der Waals surface area contributed by atoms with Gasteiger partial charge in [0, 0.05) is 19.6 Å². The fraction of sp³-hybridized carbons (Fsp3) is 0.733. The van der Waals surface area contributed by atoms with Gasteiger partial charge in [-0.05, 0) is 33.2 Å². The Labute approximate surface area is 135 Å². The summed E-state index contributed by atoms with van der Waals surface area (Å²) in [4.78, 5) is 11.2. The van der Waals surface area contributed by atoms with Crippen molar-refractivity contribution in [3.63, 3.8) is 0 Å². The van der Waals surface area contributed by atoms with Gasteiger partial charge in [-0.2, -0.15) is 10.1 Å². The van der Waals surface area contributed by atoms with E-state index in [-0.39, 0.29) is 0 Å². The standard InChI is InChI=1S/C15H24N6O2/c1-11-16-12(2)21(18-11)9-13-5-4-7-20(13)10-15-17-14(19-23-15)6-8-22-3/h13H,4-10H2,1-3H3/t13-/m1/s1. The fourth-order valence-electron chi connectivity index (χ4n) is 3.07. The second-order valence-corrected chi connectivity index (χ2v) is 6.00. The van der Waals surface area contributed by atoms with Crippen molar-refractivity contribution in [1.82, 2.24) is 29.8 Å². The van der Waals surface area contributed by atoms with Crippen LogP contribution in [0, 0.1) is 13.8 Å². The number of methoxy groups -OCH3 is 1. The average Bonchev–Trinajstić information content (AvgIpc) is 3.21. The Balaban J connectivity index is 1.60. The summed E-state index contributed by atoms with van der Waals surface area (Å²) < 4.78 is 12.4. The minimum atomic E-state index is 0.434. The van der Waals surface area contributed by atoms with Gasteiger partial charge in [0.25, 0.3) is 0 Å². The van der Waals surface area contributed by atoms with Crippen LogP contribution in [0.1, 0.15) is 36.2 Å². The van der Waals surface area contributed by atoms with Crippen molar-refractivity contribution >= 4 is 0 Å². The number of ether oxygens (including phenoxy) is 1. The van der Waals surface area contributed by atoms with E-state index < -0.39 is 0 Å². The molecule has 0 aliphatic carbocycles. The molecular formula is C15H24N6O2. The Hall–Kier alpha value is -1.80. The molecule has 8 heteroatoms. The lowest BCUT2D eigenvalue weighted by atomic mass is 10.2. The maximum atomic E-state index is 5.36. The van der Waals surface area contributed by atoms with Gasteiger partial charge in [0.15, 0.2) is 5.82 Å². The number of aryl methyl sites for hydroxylation is 2. The third-order valence-corrected chi connectivity index (χ3v) is 4.22. The van der Waals surface area contributed by atoms with E-state index in [1.54, 1.807) is 7.11 Å². The quantitative estimate of drug-likeness (QED) is 0.756. The molecule has 2 aromatic rings. The van der Waals surface area contributed by atoms with E-state index in [4.69, 9.17) is 9.26 Å². The number of hydrogen-bond acceptors (Lipinski definition) is 7. The van der Waals surface area contributed by atoms with E-state index in [0.29, 0.717) is 37.3 Å². The first-order valence-corrected chi connectivity index (χ1v) is 8.08. The summed E-state index contributed by atoms with van der Waals surface area (Å²) >= 11 is 0. The van der Waals surface area contributed by atoms with Crippen LogP contribution in [0.5, 0.6) is 0 Å². The van der Waals surface area contributed by atoms with Gasteiger partial charge in [-0.1, -0.05) is 5.16 Å². The monoisotopic (exact) mass is 320 g/mol. The van der Waals surface area contributed by atoms with Gasteiger partial charge in [0.1, 0.15) is 11.6 Å². The van der Waals surface area contributed by atoms with Crippen LogP contribution in [0.3, 0.4) is 0 Å². The van der Waals surface area contributed by atoms with Crippen molar-refractivity contribution in [1.29, 1.82) is 0 Å². The van der Waals surface area contributed by atoms with Crippen LogP contribution in [-0.2, 0) is 24.2 Å². The van der Waals surface area contributed by atoms with Gasteiger partial charge in [-0.25, -0.2) is 9.67 Å². The zero-order chi connectivity index (χ0) is 16.2. The predicted molar refractivity (Wildman–Crippen MR) is 82.8 cm³/mol. The van der Waals surface area contributed by atoms with E-state index in [1.807, 2.05) is 18.5 Å². The highest BCUT2D eigenvalue weighted by molar-refractivity contribution is 4.92. The molecule has 1 aliphatic heterocycles. The number of rotatable bonds is 7. The molecule has 0 amide bonds. The summed E-state index contributed by atoms with van der Waals surface area (Å²) in [5.41, 5.74) is 0. The number of likely N-dealkylation sites (tertiary alicyclic amines) is 1. The van der Waals surface area contributed by atoms with Crippen LogP contribution in [0.2, 0.25) is 0 Å². The maximum Gasteiger partial charge on any atom is 0.240 e. The van der Waals surface area contributed by atoms with Crippen molar-refractivity contribution in [3.8, 4) is 0 Å². The van der Waals surface area contributed by atoms with Crippen LogP contribution < -0.4 is 0 Å². The first kappa shape index (κ1) is 16.1. The lowest BCUT2D eigenvalue weighted by Crippen LogP contribution is -2.33. The van der Waals surface area contributed by atoms with Crippen molar-refractivity contribution < 1.29 is 9.26 Å². The number of nitrogens with zero attached hydrogens (tertiary/aromatic N) is 6. The molecule has 0 aromatic carbocycles. The Morgan fingerprint density at radius 3 is 2.91 bits per heavy atom. The Morgan fingerprint density at radius 1 is 1.30 bits per heavy atom. The predicted octanol–water partition coefficient (Wildman–Crippen LogP) is 1.13. The highest BCUT2D eigenvalue weighted by Gasteiger charge is 2.27. The van der Waals surface area contributed by atoms with Crippen LogP contribution in [-0.4, -0.2) is 56.1 Å². The van der Waals surface area contributed by atoms with Gasteiger partial charge < -0.3 is 9.26 Å². The third-order valence-electron chi connectivity index (χ3n) is 4.22. The molecule has 1 aliphatic rings. The summed E-state index contributed by atoms with van der Waals surface area (Å²) in [6, 6.07) is 0.434. The second-order valence-electron chi connectivity index (χ2n) is 6.00. The zero-order valence-corrected chi connectivity index (χ0v) is 14.0. The van der Waals surface area contributed by atoms with E-state index in [0.717, 1.165) is 31.2 Å². The number of aromatic nitrogens is 5. The molecule has 2 aromatic heterocycles. The largest absolute Gasteiger partial charge is 0.384 e. The van der Waals surface area contributed by atoms with Crippen LogP contribution in [0.4, 0.5) is 0 Å². The summed E-state index contributed by atoms with van der Waals surface area (Å²) in [6.45, 7) is 7.13. The molecule has 3 rings (SSSR count). The smallest absolute Gasteiger partial charge is 0.240 e. The molecule has 1 atom stereocenters. The Kier molecular flexibility index (Phi) is 5.02. The SMILES string of the molecule is COCCc1noc(CN2CCC[C@@H]2Cn2nc(C)nc2C)n1. The van der Waals surface area contributed by atoms with Crippen molar-refractivity contribution in [2.75, 3.05) is 20.3 Å². The molecule has 8 nitrogen and oxygen atoms in total. The van der Waals surface area contributed by atoms with E-state index in [1.165, 1.54) is 6.42 Å². The maximum absolute atomic E-state index is 5.36. The molecule has 0 saturated carbocycles. The second kappa shape index (κ2) is 7.18. The summed E-state index contributed by atoms with van der Waals surface area (Å²) in [5, 5.41) is 8.47. The molecule has 23 heavy (non-hydrogen) atoms. The average molecular weight is 320 g/mol. The van der Waals surface area contributed by atoms with Gasteiger partial charge >= 0.3 is 0 Å². The summed E-state index contributed by atoms with van der Waals surface area (Å²) in [7, 11) is 1.67. The van der Waals surface area contributed by atoms with Crippen molar-refractivity contribution in [2.24, 2.45) is 0 Å². The highest BCUT2D eigenvalue weighted by atomic mass is 16.5. The lowest BCUT2D eigenvalue weighted by molar-refractivity contribution is 0.190. The molecule has 1 fully saturated rings. The van der Waals surface area contributed by atoms with Crippen LogP contribution in [0.25, 0.3) is 0 Å². The van der Waals surface area contributed by atoms with Gasteiger partial charge in [-0.15, -0.1) is 0 Å². The molecule has 0 radical (unpaired) electrons. The van der Waals surface area contributed by atoms with E-state index in [2.05, 4.69) is 25.1 Å². The molecule has 3 heterocycles. The lowest BCUT2D eigenvalue weighted by Gasteiger charge is -2.22. The molecular weight excluding hydrogens is 296 g/mol. The first-order valence-electron chi connectivity index (χ1n) is 8.08. The molecule has 1 saturated heterocycles. The molecule has 0 bridgehead atoms. The van der Waals surface area contributed by atoms with Gasteiger partial charge in [0.05, 0.1) is 19.7 Å². The van der Waals surface area contributed by atoms with E-state index in [9.17, 15) is 0 Å². The topological polar surface area (TPSA) is 82.1 Å². The molecule has 0 unspecified atom stereocenters.